The Balaban J connectivity index is 2.04. The van der Waals surface area contributed by atoms with Gasteiger partial charge in [0, 0.05) is 18.6 Å². The summed E-state index contributed by atoms with van der Waals surface area (Å²) in [7, 11) is 4.45. The van der Waals surface area contributed by atoms with Crippen LogP contribution in [0.4, 0.5) is 0 Å². The van der Waals surface area contributed by atoms with Gasteiger partial charge in [0.2, 0.25) is 0 Å². The average Bonchev–Trinajstić information content (AvgIpc) is 2.51. The van der Waals surface area contributed by atoms with E-state index in [-0.39, 0.29) is 6.04 Å². The van der Waals surface area contributed by atoms with Gasteiger partial charge < -0.3 is 15.5 Å². The van der Waals surface area contributed by atoms with E-state index in [2.05, 4.69) is 30.0 Å². The van der Waals surface area contributed by atoms with Crippen molar-refractivity contribution in [2.24, 2.45) is 5.73 Å². The Morgan fingerprint density at radius 2 is 2.06 bits per heavy atom. The number of likely N-dealkylation sites (N-methyl/N-ethyl adjacent to an activating group) is 2. The molecule has 0 bridgehead atoms. The number of allylic oxidation sites excluding steroid dienone is 1. The number of hydrogen-bond acceptors (Lipinski definition) is 3. The summed E-state index contributed by atoms with van der Waals surface area (Å²) in [4.78, 5) is 4.89. The SMILES string of the molecule is CN1CCCN(C)C(C(N)C2=CCCCC2)C1. The van der Waals surface area contributed by atoms with Crippen LogP contribution in [0.2, 0.25) is 0 Å². The van der Waals surface area contributed by atoms with Crippen LogP contribution in [0.15, 0.2) is 11.6 Å². The highest BCUT2D eigenvalue weighted by Gasteiger charge is 2.28. The first kappa shape index (κ1) is 13.1. The van der Waals surface area contributed by atoms with Gasteiger partial charge in [0.1, 0.15) is 0 Å². The number of hydrogen-bond donors (Lipinski definition) is 1. The highest BCUT2D eigenvalue weighted by atomic mass is 15.2. The van der Waals surface area contributed by atoms with Gasteiger partial charge in [-0.2, -0.15) is 0 Å². The van der Waals surface area contributed by atoms with E-state index in [9.17, 15) is 0 Å². The van der Waals surface area contributed by atoms with Gasteiger partial charge in [0.25, 0.3) is 0 Å². The Labute approximate surface area is 106 Å². The highest BCUT2D eigenvalue weighted by Crippen LogP contribution is 2.23. The van der Waals surface area contributed by atoms with Crippen molar-refractivity contribution in [2.75, 3.05) is 33.7 Å². The molecule has 1 saturated heterocycles. The third-order valence-electron chi connectivity index (χ3n) is 4.28. The zero-order valence-corrected chi connectivity index (χ0v) is 11.4. The topological polar surface area (TPSA) is 32.5 Å². The molecule has 0 aromatic rings. The second-order valence-corrected chi connectivity index (χ2v) is 5.71. The van der Waals surface area contributed by atoms with E-state index in [1.54, 1.807) is 0 Å². The van der Waals surface area contributed by atoms with Gasteiger partial charge in [-0.1, -0.05) is 11.6 Å². The highest BCUT2D eigenvalue weighted by molar-refractivity contribution is 5.16. The minimum absolute atomic E-state index is 0.237. The standard InChI is InChI=1S/C14H27N3/c1-16-9-6-10-17(2)13(11-16)14(15)12-7-4-3-5-8-12/h7,13-14H,3-6,8-11,15H2,1-2H3. The molecule has 0 aromatic heterocycles. The van der Waals surface area contributed by atoms with Crippen LogP contribution in [0.3, 0.4) is 0 Å². The monoisotopic (exact) mass is 237 g/mol. The number of nitrogens with two attached hydrogens (primary N) is 1. The summed E-state index contributed by atoms with van der Waals surface area (Å²) >= 11 is 0. The molecule has 0 spiro atoms. The van der Waals surface area contributed by atoms with Crippen LogP contribution in [0.25, 0.3) is 0 Å². The van der Waals surface area contributed by atoms with Crippen molar-refractivity contribution in [1.82, 2.24) is 9.80 Å². The second kappa shape index (κ2) is 5.98. The molecule has 3 nitrogen and oxygen atoms in total. The summed E-state index contributed by atoms with van der Waals surface area (Å²) in [6, 6.07) is 0.729. The molecule has 2 aliphatic rings. The van der Waals surface area contributed by atoms with Gasteiger partial charge in [-0.25, -0.2) is 0 Å². The lowest BCUT2D eigenvalue weighted by molar-refractivity contribution is 0.205. The van der Waals surface area contributed by atoms with E-state index in [1.807, 2.05) is 0 Å². The minimum atomic E-state index is 0.237. The first-order chi connectivity index (χ1) is 8.18. The predicted octanol–water partition coefficient (Wildman–Crippen LogP) is 1.45. The molecule has 1 aliphatic carbocycles. The maximum atomic E-state index is 6.51. The van der Waals surface area contributed by atoms with E-state index < -0.39 is 0 Å². The lowest BCUT2D eigenvalue weighted by Crippen LogP contribution is -2.51. The average molecular weight is 237 g/mol. The quantitative estimate of drug-likeness (QED) is 0.738. The number of rotatable bonds is 2. The van der Waals surface area contributed by atoms with Gasteiger partial charge in [-0.05, 0) is 59.3 Å². The van der Waals surface area contributed by atoms with Crippen LogP contribution in [0, 0.1) is 0 Å². The fraction of sp³-hybridized carbons (Fsp3) is 0.857. The maximum absolute atomic E-state index is 6.51. The molecule has 98 valence electrons. The molecule has 1 heterocycles. The molecular weight excluding hydrogens is 210 g/mol. The molecule has 3 heteroatoms. The van der Waals surface area contributed by atoms with Crippen LogP contribution in [-0.2, 0) is 0 Å². The van der Waals surface area contributed by atoms with Crippen molar-refractivity contribution in [3.8, 4) is 0 Å². The Morgan fingerprint density at radius 3 is 2.76 bits per heavy atom. The van der Waals surface area contributed by atoms with E-state index in [0.29, 0.717) is 6.04 Å². The van der Waals surface area contributed by atoms with Crippen molar-refractivity contribution in [1.29, 1.82) is 0 Å². The van der Waals surface area contributed by atoms with E-state index >= 15 is 0 Å². The van der Waals surface area contributed by atoms with Gasteiger partial charge in [0.05, 0.1) is 0 Å². The molecule has 1 aliphatic heterocycles. The largest absolute Gasteiger partial charge is 0.323 e. The second-order valence-electron chi connectivity index (χ2n) is 5.71. The van der Waals surface area contributed by atoms with Crippen molar-refractivity contribution < 1.29 is 0 Å². The first-order valence-corrected chi connectivity index (χ1v) is 7.02. The lowest BCUT2D eigenvalue weighted by atomic mass is 9.90. The Kier molecular flexibility index (Phi) is 4.60. The fourth-order valence-corrected chi connectivity index (χ4v) is 3.11. The van der Waals surface area contributed by atoms with E-state index in [1.165, 1.54) is 50.8 Å². The van der Waals surface area contributed by atoms with Crippen molar-refractivity contribution in [3.63, 3.8) is 0 Å². The molecular formula is C14H27N3. The van der Waals surface area contributed by atoms with Gasteiger partial charge in [-0.15, -0.1) is 0 Å². The predicted molar refractivity (Wildman–Crippen MR) is 73.1 cm³/mol. The molecule has 2 N–H and O–H groups in total. The molecule has 0 saturated carbocycles. The fourth-order valence-electron chi connectivity index (χ4n) is 3.11. The third-order valence-corrected chi connectivity index (χ3v) is 4.28. The van der Waals surface area contributed by atoms with Gasteiger partial charge in [-0.3, -0.25) is 0 Å². The normalized spacial score (nSPS) is 30.8. The smallest absolute Gasteiger partial charge is 0.0424 e. The summed E-state index contributed by atoms with van der Waals surface area (Å²) in [5, 5.41) is 0. The van der Waals surface area contributed by atoms with Crippen molar-refractivity contribution >= 4 is 0 Å². The molecule has 2 rings (SSSR count). The molecule has 0 radical (unpaired) electrons. The van der Waals surface area contributed by atoms with Crippen LogP contribution in [0.1, 0.15) is 32.1 Å². The van der Waals surface area contributed by atoms with Crippen molar-refractivity contribution in [3.05, 3.63) is 11.6 Å². The Hall–Kier alpha value is -0.380. The van der Waals surface area contributed by atoms with Crippen LogP contribution in [-0.4, -0.2) is 55.6 Å². The summed E-state index contributed by atoms with van der Waals surface area (Å²) in [5.41, 5.74) is 8.01. The Bertz CT molecular complexity index is 275. The van der Waals surface area contributed by atoms with Crippen LogP contribution in [0.5, 0.6) is 0 Å². The molecule has 0 amide bonds. The molecule has 0 aromatic carbocycles. The Morgan fingerprint density at radius 1 is 1.24 bits per heavy atom. The van der Waals surface area contributed by atoms with E-state index in [4.69, 9.17) is 5.73 Å². The minimum Gasteiger partial charge on any atom is -0.323 e. The first-order valence-electron chi connectivity index (χ1n) is 7.02. The zero-order valence-electron chi connectivity index (χ0n) is 11.4. The van der Waals surface area contributed by atoms with Gasteiger partial charge >= 0.3 is 0 Å². The maximum Gasteiger partial charge on any atom is 0.0424 e. The lowest BCUT2D eigenvalue weighted by Gasteiger charge is -2.34. The summed E-state index contributed by atoms with van der Waals surface area (Å²) in [6.07, 6.45) is 8.77. The van der Waals surface area contributed by atoms with Crippen molar-refractivity contribution in [2.45, 2.75) is 44.2 Å². The molecule has 1 fully saturated rings. The molecule has 17 heavy (non-hydrogen) atoms. The summed E-state index contributed by atoms with van der Waals surface area (Å²) in [5.74, 6) is 0. The van der Waals surface area contributed by atoms with Crippen LogP contribution < -0.4 is 5.73 Å². The van der Waals surface area contributed by atoms with Gasteiger partial charge in [0.15, 0.2) is 0 Å². The zero-order chi connectivity index (χ0) is 12.3. The summed E-state index contributed by atoms with van der Waals surface area (Å²) < 4.78 is 0. The molecule has 2 unspecified atom stereocenters. The number of nitrogens with zero attached hydrogens (tertiary/aromatic N) is 2. The summed E-state index contributed by atoms with van der Waals surface area (Å²) in [6.45, 7) is 3.48. The van der Waals surface area contributed by atoms with E-state index in [0.717, 1.165) is 6.54 Å². The molecule has 2 atom stereocenters. The van der Waals surface area contributed by atoms with Crippen LogP contribution >= 0.6 is 0 Å². The third kappa shape index (κ3) is 3.30.